The molecule has 1 fully saturated rings. The van der Waals surface area contributed by atoms with E-state index in [1.807, 2.05) is 6.92 Å². The first kappa shape index (κ1) is 13.8. The molecule has 1 nitrogen and oxygen atoms in total. The van der Waals surface area contributed by atoms with Crippen molar-refractivity contribution >= 4 is 0 Å². The lowest BCUT2D eigenvalue weighted by atomic mass is 9.78. The van der Waals surface area contributed by atoms with E-state index in [0.717, 1.165) is 19.4 Å². The molecular formula is C12H22F3N. The van der Waals surface area contributed by atoms with Gasteiger partial charge in [-0.1, -0.05) is 13.3 Å². The van der Waals surface area contributed by atoms with Crippen molar-refractivity contribution in [3.8, 4) is 0 Å². The maximum absolute atomic E-state index is 12.6. The number of alkyl halides is 3. The van der Waals surface area contributed by atoms with E-state index < -0.39 is 12.1 Å². The number of nitrogens with one attached hydrogen (secondary N) is 1. The van der Waals surface area contributed by atoms with Gasteiger partial charge in [0.05, 0.1) is 5.92 Å². The van der Waals surface area contributed by atoms with Crippen LogP contribution in [-0.4, -0.2) is 18.8 Å². The quantitative estimate of drug-likeness (QED) is 0.785. The highest BCUT2D eigenvalue weighted by molar-refractivity contribution is 4.82. The zero-order valence-electron chi connectivity index (χ0n) is 10.1. The average Bonchev–Trinajstić information content (AvgIpc) is 2.25. The number of hydrogen-bond acceptors (Lipinski definition) is 1. The Balaban J connectivity index is 2.43. The third kappa shape index (κ3) is 3.96. The Kier molecular flexibility index (Phi) is 5.09. The second kappa shape index (κ2) is 5.89. The molecule has 0 heterocycles. The van der Waals surface area contributed by atoms with Gasteiger partial charge in [0.25, 0.3) is 0 Å². The van der Waals surface area contributed by atoms with E-state index in [2.05, 4.69) is 12.2 Å². The molecule has 3 atom stereocenters. The molecule has 1 aliphatic carbocycles. The molecule has 0 aliphatic heterocycles. The average molecular weight is 237 g/mol. The Hall–Kier alpha value is -0.250. The van der Waals surface area contributed by atoms with Crippen molar-refractivity contribution in [2.24, 2.45) is 11.8 Å². The van der Waals surface area contributed by atoms with Crippen molar-refractivity contribution in [1.29, 1.82) is 0 Å². The van der Waals surface area contributed by atoms with E-state index in [9.17, 15) is 13.2 Å². The van der Waals surface area contributed by atoms with Gasteiger partial charge in [0.15, 0.2) is 0 Å². The van der Waals surface area contributed by atoms with Crippen LogP contribution in [0.4, 0.5) is 13.2 Å². The van der Waals surface area contributed by atoms with Crippen LogP contribution >= 0.6 is 0 Å². The van der Waals surface area contributed by atoms with Gasteiger partial charge in [0.1, 0.15) is 0 Å². The van der Waals surface area contributed by atoms with Crippen LogP contribution in [0, 0.1) is 11.8 Å². The molecule has 0 bridgehead atoms. The molecule has 0 saturated heterocycles. The Morgan fingerprint density at radius 3 is 2.56 bits per heavy atom. The van der Waals surface area contributed by atoms with Crippen molar-refractivity contribution in [2.45, 2.75) is 58.2 Å². The van der Waals surface area contributed by atoms with Gasteiger partial charge in [-0.2, -0.15) is 13.2 Å². The lowest BCUT2D eigenvalue weighted by molar-refractivity contribution is -0.186. The zero-order chi connectivity index (χ0) is 12.2. The van der Waals surface area contributed by atoms with Crippen LogP contribution in [0.3, 0.4) is 0 Å². The van der Waals surface area contributed by atoms with E-state index in [4.69, 9.17) is 0 Å². The normalized spacial score (nSPS) is 29.1. The van der Waals surface area contributed by atoms with Crippen LogP contribution in [0.1, 0.15) is 46.0 Å². The maximum atomic E-state index is 12.6. The summed E-state index contributed by atoms with van der Waals surface area (Å²) < 4.78 is 37.8. The third-order valence-electron chi connectivity index (χ3n) is 3.60. The van der Waals surface area contributed by atoms with Gasteiger partial charge in [0.2, 0.25) is 0 Å². The van der Waals surface area contributed by atoms with Gasteiger partial charge in [0, 0.05) is 6.04 Å². The maximum Gasteiger partial charge on any atom is 0.391 e. The summed E-state index contributed by atoms with van der Waals surface area (Å²) in [5.41, 5.74) is 0. The second-order valence-electron chi connectivity index (χ2n) is 4.91. The Bertz CT molecular complexity index is 203. The first-order valence-electron chi connectivity index (χ1n) is 6.25. The van der Waals surface area contributed by atoms with Crippen molar-refractivity contribution in [2.75, 3.05) is 6.54 Å². The molecule has 4 heteroatoms. The molecule has 0 spiro atoms. The Morgan fingerprint density at radius 1 is 1.31 bits per heavy atom. The van der Waals surface area contributed by atoms with Crippen LogP contribution in [0.25, 0.3) is 0 Å². The van der Waals surface area contributed by atoms with Gasteiger partial charge in [-0.3, -0.25) is 0 Å². The molecule has 1 saturated carbocycles. The fourth-order valence-electron chi connectivity index (χ4n) is 2.52. The Morgan fingerprint density at radius 2 is 2.00 bits per heavy atom. The summed E-state index contributed by atoms with van der Waals surface area (Å²) >= 11 is 0. The summed E-state index contributed by atoms with van der Waals surface area (Å²) in [7, 11) is 0. The van der Waals surface area contributed by atoms with E-state index in [-0.39, 0.29) is 12.0 Å². The SMILES string of the molecule is CCCNC(C)C1CCCC(C(F)(F)F)C1. The highest BCUT2D eigenvalue weighted by atomic mass is 19.4. The van der Waals surface area contributed by atoms with E-state index in [1.54, 1.807) is 0 Å². The Labute approximate surface area is 95.8 Å². The van der Waals surface area contributed by atoms with E-state index >= 15 is 0 Å². The molecule has 1 aliphatic rings. The predicted molar refractivity (Wildman–Crippen MR) is 59.3 cm³/mol. The molecule has 0 aromatic carbocycles. The molecule has 0 amide bonds. The van der Waals surface area contributed by atoms with Gasteiger partial charge in [-0.25, -0.2) is 0 Å². The third-order valence-corrected chi connectivity index (χ3v) is 3.60. The monoisotopic (exact) mass is 237 g/mol. The molecule has 0 aromatic rings. The fraction of sp³-hybridized carbons (Fsp3) is 1.00. The summed E-state index contributed by atoms with van der Waals surface area (Å²) in [6.07, 6.45) is -0.692. The van der Waals surface area contributed by atoms with E-state index in [0.29, 0.717) is 19.3 Å². The first-order chi connectivity index (χ1) is 7.45. The number of halogens is 3. The van der Waals surface area contributed by atoms with Gasteiger partial charge >= 0.3 is 6.18 Å². The zero-order valence-corrected chi connectivity index (χ0v) is 10.1. The van der Waals surface area contributed by atoms with Crippen LogP contribution in [0.15, 0.2) is 0 Å². The van der Waals surface area contributed by atoms with Crippen LogP contribution in [-0.2, 0) is 0 Å². The molecule has 1 rings (SSSR count). The molecule has 96 valence electrons. The number of hydrogen-bond donors (Lipinski definition) is 1. The van der Waals surface area contributed by atoms with E-state index in [1.165, 1.54) is 0 Å². The van der Waals surface area contributed by atoms with Gasteiger partial charge in [-0.05, 0) is 45.1 Å². The summed E-state index contributed by atoms with van der Waals surface area (Å²) in [6, 6.07) is 0.213. The van der Waals surface area contributed by atoms with Crippen LogP contribution < -0.4 is 5.32 Å². The summed E-state index contributed by atoms with van der Waals surface area (Å²) in [5, 5.41) is 3.31. The summed E-state index contributed by atoms with van der Waals surface area (Å²) in [5.74, 6) is -0.885. The van der Waals surface area contributed by atoms with Crippen molar-refractivity contribution < 1.29 is 13.2 Å². The van der Waals surface area contributed by atoms with Crippen molar-refractivity contribution in [1.82, 2.24) is 5.32 Å². The van der Waals surface area contributed by atoms with Crippen molar-refractivity contribution in [3.63, 3.8) is 0 Å². The predicted octanol–water partition coefficient (Wildman–Crippen LogP) is 3.74. The standard InChI is InChI=1S/C12H22F3N/c1-3-7-16-9(2)10-5-4-6-11(8-10)12(13,14)15/h9-11,16H,3-8H2,1-2H3. The molecule has 0 aromatic heterocycles. The van der Waals surface area contributed by atoms with Crippen molar-refractivity contribution in [3.05, 3.63) is 0 Å². The topological polar surface area (TPSA) is 12.0 Å². The lowest BCUT2D eigenvalue weighted by Crippen LogP contribution is -2.39. The van der Waals surface area contributed by atoms with Crippen LogP contribution in [0.2, 0.25) is 0 Å². The van der Waals surface area contributed by atoms with Gasteiger partial charge < -0.3 is 5.32 Å². The molecule has 0 radical (unpaired) electrons. The molecular weight excluding hydrogens is 215 g/mol. The molecule has 3 unspecified atom stereocenters. The second-order valence-corrected chi connectivity index (χ2v) is 4.91. The first-order valence-corrected chi connectivity index (χ1v) is 6.25. The summed E-state index contributed by atoms with van der Waals surface area (Å²) in [4.78, 5) is 0. The smallest absolute Gasteiger partial charge is 0.314 e. The molecule has 16 heavy (non-hydrogen) atoms. The summed E-state index contributed by atoms with van der Waals surface area (Å²) in [6.45, 7) is 4.98. The molecule has 1 N–H and O–H groups in total. The fourth-order valence-corrected chi connectivity index (χ4v) is 2.52. The number of rotatable bonds is 4. The van der Waals surface area contributed by atoms with Crippen LogP contribution in [0.5, 0.6) is 0 Å². The minimum absolute atomic E-state index is 0.187. The lowest BCUT2D eigenvalue weighted by Gasteiger charge is -2.34. The minimum Gasteiger partial charge on any atom is -0.314 e. The van der Waals surface area contributed by atoms with Gasteiger partial charge in [-0.15, -0.1) is 0 Å². The highest BCUT2D eigenvalue weighted by Crippen LogP contribution is 2.40. The largest absolute Gasteiger partial charge is 0.391 e. The highest BCUT2D eigenvalue weighted by Gasteiger charge is 2.42. The minimum atomic E-state index is -4.00.